The predicted octanol–water partition coefficient (Wildman–Crippen LogP) is 1.54. The third-order valence-electron chi connectivity index (χ3n) is 4.38. The van der Waals surface area contributed by atoms with Gasteiger partial charge in [-0.15, -0.1) is 12.4 Å². The van der Waals surface area contributed by atoms with E-state index in [1.807, 2.05) is 6.07 Å². The average Bonchev–Trinajstić information content (AvgIpc) is 2.69. The van der Waals surface area contributed by atoms with E-state index in [4.69, 9.17) is 0 Å². The molecule has 0 aromatic heterocycles. The summed E-state index contributed by atoms with van der Waals surface area (Å²) in [5.41, 5.74) is 0.932. The molecule has 3 N–H and O–H groups in total. The van der Waals surface area contributed by atoms with Crippen molar-refractivity contribution in [1.29, 1.82) is 0 Å². The van der Waals surface area contributed by atoms with Gasteiger partial charge in [-0.1, -0.05) is 18.2 Å². The van der Waals surface area contributed by atoms with Gasteiger partial charge in [0.2, 0.25) is 0 Å². The van der Waals surface area contributed by atoms with Crippen molar-refractivity contribution in [2.24, 2.45) is 0 Å². The molecule has 2 aromatic carbocycles. The van der Waals surface area contributed by atoms with Crippen molar-refractivity contribution in [3.8, 4) is 0 Å². The summed E-state index contributed by atoms with van der Waals surface area (Å²) < 4.78 is 27.3. The first-order valence-electron chi connectivity index (χ1n) is 8.94. The highest BCUT2D eigenvalue weighted by Crippen LogP contribution is 2.16. The van der Waals surface area contributed by atoms with Crippen molar-refractivity contribution in [3.05, 3.63) is 60.2 Å². The smallest absolute Gasteiger partial charge is 0.261 e. The fraction of sp³-hybridized carbons (Fsp3) is 0.316. The van der Waals surface area contributed by atoms with Crippen LogP contribution in [0.2, 0.25) is 0 Å². The van der Waals surface area contributed by atoms with Crippen LogP contribution in [0.4, 0.5) is 5.69 Å². The van der Waals surface area contributed by atoms with E-state index in [9.17, 15) is 13.2 Å². The Kier molecular flexibility index (Phi) is 8.25. The van der Waals surface area contributed by atoms with Crippen molar-refractivity contribution in [3.63, 3.8) is 0 Å². The number of carbonyl (C=O) groups is 1. The monoisotopic (exact) mass is 424 g/mol. The molecule has 0 atom stereocenters. The summed E-state index contributed by atoms with van der Waals surface area (Å²) >= 11 is 0. The van der Waals surface area contributed by atoms with E-state index in [2.05, 4.69) is 20.3 Å². The van der Waals surface area contributed by atoms with Gasteiger partial charge < -0.3 is 10.6 Å². The van der Waals surface area contributed by atoms with Crippen molar-refractivity contribution in [1.82, 2.24) is 15.5 Å². The molecule has 0 saturated carbocycles. The number of para-hydroxylation sites is 1. The lowest BCUT2D eigenvalue weighted by Gasteiger charge is -2.27. The maximum absolute atomic E-state index is 12.4. The standard InChI is InChI=1S/C19H24N4O3S.ClH/c24-19(21-12-15-23-13-10-20-11-14-23)16-6-8-18(9-7-16)27(25,26)22-17-4-2-1-3-5-17;/h1-9,20,22H,10-15H2,(H,21,24);1H. The zero-order valence-electron chi connectivity index (χ0n) is 15.4. The summed E-state index contributed by atoms with van der Waals surface area (Å²) in [6, 6.07) is 14.6. The minimum atomic E-state index is -3.68. The van der Waals surface area contributed by atoms with E-state index in [0.717, 1.165) is 32.7 Å². The molecule has 1 aliphatic heterocycles. The lowest BCUT2D eigenvalue weighted by Crippen LogP contribution is -2.46. The summed E-state index contributed by atoms with van der Waals surface area (Å²) in [7, 11) is -3.68. The average molecular weight is 425 g/mol. The second kappa shape index (κ2) is 10.4. The van der Waals surface area contributed by atoms with Gasteiger partial charge in [0.25, 0.3) is 15.9 Å². The molecule has 1 amide bonds. The van der Waals surface area contributed by atoms with Crippen LogP contribution in [0.15, 0.2) is 59.5 Å². The minimum absolute atomic E-state index is 0. The van der Waals surface area contributed by atoms with E-state index in [0.29, 0.717) is 17.8 Å². The van der Waals surface area contributed by atoms with E-state index >= 15 is 0 Å². The summed E-state index contributed by atoms with van der Waals surface area (Å²) in [6.07, 6.45) is 0. The third kappa shape index (κ3) is 6.20. The molecular formula is C19H25ClN4O3S. The molecule has 0 unspecified atom stereocenters. The van der Waals surface area contributed by atoms with Gasteiger partial charge in [-0.2, -0.15) is 0 Å². The van der Waals surface area contributed by atoms with Gasteiger partial charge in [-0.3, -0.25) is 14.4 Å². The molecule has 0 radical (unpaired) electrons. The third-order valence-corrected chi connectivity index (χ3v) is 5.77. The van der Waals surface area contributed by atoms with Crippen LogP contribution in [0.1, 0.15) is 10.4 Å². The second-order valence-electron chi connectivity index (χ2n) is 6.34. The Morgan fingerprint density at radius 1 is 1.00 bits per heavy atom. The maximum atomic E-state index is 12.4. The molecule has 28 heavy (non-hydrogen) atoms. The van der Waals surface area contributed by atoms with E-state index in [1.165, 1.54) is 24.3 Å². The van der Waals surface area contributed by atoms with E-state index < -0.39 is 10.0 Å². The number of halogens is 1. The Labute approximate surface area is 172 Å². The molecular weight excluding hydrogens is 400 g/mol. The highest BCUT2D eigenvalue weighted by molar-refractivity contribution is 7.92. The number of anilines is 1. The number of rotatable bonds is 7. The number of nitrogens with zero attached hydrogens (tertiary/aromatic N) is 1. The molecule has 0 spiro atoms. The highest BCUT2D eigenvalue weighted by Gasteiger charge is 2.15. The van der Waals surface area contributed by atoms with Gasteiger partial charge in [0.15, 0.2) is 0 Å². The van der Waals surface area contributed by atoms with Gasteiger partial charge >= 0.3 is 0 Å². The fourth-order valence-electron chi connectivity index (χ4n) is 2.87. The number of amides is 1. The van der Waals surface area contributed by atoms with Crippen LogP contribution in [-0.2, 0) is 10.0 Å². The number of benzene rings is 2. The number of piperazine rings is 1. The van der Waals surface area contributed by atoms with Gasteiger partial charge in [0.1, 0.15) is 0 Å². The van der Waals surface area contributed by atoms with Crippen LogP contribution < -0.4 is 15.4 Å². The van der Waals surface area contributed by atoms with Crippen LogP contribution in [-0.4, -0.2) is 58.5 Å². The highest BCUT2D eigenvalue weighted by atomic mass is 35.5. The quantitative estimate of drug-likeness (QED) is 0.627. The first-order valence-corrected chi connectivity index (χ1v) is 10.4. The topological polar surface area (TPSA) is 90.5 Å². The first kappa shape index (κ1) is 22.2. The number of sulfonamides is 1. The SMILES string of the molecule is Cl.O=C(NCCN1CCNCC1)c1ccc(S(=O)(=O)Nc2ccccc2)cc1. The van der Waals surface area contributed by atoms with Crippen LogP contribution >= 0.6 is 12.4 Å². The molecule has 1 heterocycles. The van der Waals surface area contributed by atoms with Crippen LogP contribution in [0.3, 0.4) is 0 Å². The zero-order valence-corrected chi connectivity index (χ0v) is 17.1. The largest absolute Gasteiger partial charge is 0.351 e. The zero-order chi connectivity index (χ0) is 19.1. The first-order chi connectivity index (χ1) is 13.0. The molecule has 7 nitrogen and oxygen atoms in total. The van der Waals surface area contributed by atoms with Crippen molar-refractivity contribution >= 4 is 34.0 Å². The van der Waals surface area contributed by atoms with Crippen molar-refractivity contribution in [2.45, 2.75) is 4.90 Å². The molecule has 1 saturated heterocycles. The molecule has 1 fully saturated rings. The molecule has 2 aromatic rings. The molecule has 0 bridgehead atoms. The summed E-state index contributed by atoms with van der Waals surface area (Å²) in [5.74, 6) is -0.204. The maximum Gasteiger partial charge on any atom is 0.261 e. The summed E-state index contributed by atoms with van der Waals surface area (Å²) in [5, 5.41) is 6.17. The number of carbonyl (C=O) groups excluding carboxylic acids is 1. The van der Waals surface area contributed by atoms with Crippen LogP contribution in [0.25, 0.3) is 0 Å². The lowest BCUT2D eigenvalue weighted by molar-refractivity contribution is 0.0947. The molecule has 1 aliphatic rings. The minimum Gasteiger partial charge on any atom is -0.351 e. The van der Waals surface area contributed by atoms with E-state index in [-0.39, 0.29) is 23.2 Å². The van der Waals surface area contributed by atoms with Gasteiger partial charge in [0, 0.05) is 50.5 Å². The van der Waals surface area contributed by atoms with Crippen LogP contribution in [0.5, 0.6) is 0 Å². The van der Waals surface area contributed by atoms with Crippen molar-refractivity contribution in [2.75, 3.05) is 44.0 Å². The normalized spacial score (nSPS) is 14.7. The Hall–Kier alpha value is -2.13. The predicted molar refractivity (Wildman–Crippen MR) is 113 cm³/mol. The van der Waals surface area contributed by atoms with E-state index in [1.54, 1.807) is 24.3 Å². The van der Waals surface area contributed by atoms with Gasteiger partial charge in [-0.05, 0) is 36.4 Å². The van der Waals surface area contributed by atoms with Gasteiger partial charge in [0.05, 0.1) is 4.90 Å². The molecule has 0 aliphatic carbocycles. The Bertz CT molecular complexity index is 855. The Morgan fingerprint density at radius 3 is 2.29 bits per heavy atom. The summed E-state index contributed by atoms with van der Waals surface area (Å²) in [4.78, 5) is 14.6. The van der Waals surface area contributed by atoms with Crippen LogP contribution in [0, 0.1) is 0 Å². The van der Waals surface area contributed by atoms with Gasteiger partial charge in [-0.25, -0.2) is 8.42 Å². The lowest BCUT2D eigenvalue weighted by atomic mass is 10.2. The Morgan fingerprint density at radius 2 is 1.64 bits per heavy atom. The number of nitrogens with one attached hydrogen (secondary N) is 3. The van der Waals surface area contributed by atoms with Crippen molar-refractivity contribution < 1.29 is 13.2 Å². The molecule has 9 heteroatoms. The number of hydrogen-bond acceptors (Lipinski definition) is 5. The fourth-order valence-corrected chi connectivity index (χ4v) is 3.93. The molecule has 152 valence electrons. The summed E-state index contributed by atoms with van der Waals surface area (Å²) in [6.45, 7) is 5.28. The second-order valence-corrected chi connectivity index (χ2v) is 8.03. The number of hydrogen-bond donors (Lipinski definition) is 3. The molecule has 3 rings (SSSR count). The Balaban J connectivity index is 0.00000280.